The van der Waals surface area contributed by atoms with E-state index in [-0.39, 0.29) is 6.04 Å². The zero-order valence-electron chi connectivity index (χ0n) is 18.7. The average molecular weight is 414 g/mol. The highest BCUT2D eigenvalue weighted by Gasteiger charge is 2.14. The van der Waals surface area contributed by atoms with E-state index in [0.717, 1.165) is 40.6 Å². The molecule has 4 aromatic rings. The highest BCUT2D eigenvalue weighted by molar-refractivity contribution is 5.71. The number of rotatable bonds is 7. The first-order chi connectivity index (χ1) is 14.9. The second-order valence-corrected chi connectivity index (χ2v) is 8.95. The lowest BCUT2D eigenvalue weighted by Gasteiger charge is -2.12. The molecule has 0 saturated heterocycles. The van der Waals surface area contributed by atoms with E-state index in [0.29, 0.717) is 11.8 Å². The zero-order chi connectivity index (χ0) is 22.0. The molecule has 0 bridgehead atoms. The number of nitrogens with zero attached hydrogens (tertiary/aromatic N) is 2. The van der Waals surface area contributed by atoms with Crippen molar-refractivity contribution in [1.82, 2.24) is 19.9 Å². The molecule has 4 N–H and O–H groups in total. The molecular formula is C26H31N5. The molecule has 4 rings (SSSR count). The van der Waals surface area contributed by atoms with Crippen molar-refractivity contribution in [3.63, 3.8) is 0 Å². The third-order valence-electron chi connectivity index (χ3n) is 5.58. The topological polar surface area (TPSA) is 83.4 Å². The Morgan fingerprint density at radius 3 is 1.71 bits per heavy atom. The number of hydrogen-bond donors (Lipinski definition) is 3. The summed E-state index contributed by atoms with van der Waals surface area (Å²) >= 11 is 0. The Balaban J connectivity index is 1.49. The van der Waals surface area contributed by atoms with Crippen LogP contribution in [0.5, 0.6) is 0 Å². The van der Waals surface area contributed by atoms with Crippen LogP contribution in [0.25, 0.3) is 33.6 Å². The minimum atomic E-state index is -0.0807. The van der Waals surface area contributed by atoms with E-state index in [1.807, 2.05) is 12.4 Å². The fourth-order valence-electron chi connectivity index (χ4n) is 3.65. The van der Waals surface area contributed by atoms with Crippen molar-refractivity contribution in [3.8, 4) is 33.6 Å². The molecule has 0 fully saturated rings. The number of aromatic nitrogens is 4. The molecule has 0 amide bonds. The molecule has 0 aliphatic rings. The molecule has 2 heterocycles. The van der Waals surface area contributed by atoms with E-state index in [9.17, 15) is 0 Å². The molecule has 0 spiro atoms. The lowest BCUT2D eigenvalue weighted by molar-refractivity contribution is 0.494. The lowest BCUT2D eigenvalue weighted by atomic mass is 10.0. The molecule has 1 atom stereocenters. The second-order valence-electron chi connectivity index (χ2n) is 8.95. The van der Waals surface area contributed by atoms with Crippen molar-refractivity contribution in [2.75, 3.05) is 0 Å². The second kappa shape index (κ2) is 8.90. The van der Waals surface area contributed by atoms with Gasteiger partial charge in [-0.2, -0.15) is 0 Å². The van der Waals surface area contributed by atoms with Crippen LogP contribution < -0.4 is 5.73 Å². The first-order valence-corrected chi connectivity index (χ1v) is 11.0. The van der Waals surface area contributed by atoms with Gasteiger partial charge in [0, 0.05) is 6.42 Å². The van der Waals surface area contributed by atoms with E-state index >= 15 is 0 Å². The maximum absolute atomic E-state index is 6.21. The summed E-state index contributed by atoms with van der Waals surface area (Å²) in [7, 11) is 0. The molecule has 0 radical (unpaired) electrons. The van der Waals surface area contributed by atoms with Crippen LogP contribution in [0.1, 0.15) is 45.4 Å². The molecule has 0 aliphatic heterocycles. The summed E-state index contributed by atoms with van der Waals surface area (Å²) in [6, 6.07) is 17.0. The number of benzene rings is 2. The summed E-state index contributed by atoms with van der Waals surface area (Å²) in [5.41, 5.74) is 12.9. The summed E-state index contributed by atoms with van der Waals surface area (Å²) in [5.74, 6) is 2.80. The van der Waals surface area contributed by atoms with Gasteiger partial charge in [0.05, 0.1) is 29.8 Å². The van der Waals surface area contributed by atoms with Gasteiger partial charge < -0.3 is 15.7 Å². The predicted molar refractivity (Wildman–Crippen MR) is 127 cm³/mol. The molecular weight excluding hydrogens is 382 g/mol. The van der Waals surface area contributed by atoms with Crippen molar-refractivity contribution >= 4 is 0 Å². The van der Waals surface area contributed by atoms with Crippen LogP contribution in [0.15, 0.2) is 60.9 Å². The number of imidazole rings is 2. The number of aromatic amines is 2. The van der Waals surface area contributed by atoms with Gasteiger partial charge in [-0.15, -0.1) is 0 Å². The Labute approximate surface area is 184 Å². The lowest BCUT2D eigenvalue weighted by Crippen LogP contribution is -2.18. The Morgan fingerprint density at radius 2 is 1.19 bits per heavy atom. The molecule has 5 nitrogen and oxygen atoms in total. The summed E-state index contributed by atoms with van der Waals surface area (Å²) in [5, 5.41) is 0. The highest BCUT2D eigenvalue weighted by Crippen LogP contribution is 2.27. The van der Waals surface area contributed by atoms with Gasteiger partial charge in [-0.25, -0.2) is 9.97 Å². The van der Waals surface area contributed by atoms with Crippen LogP contribution in [-0.2, 0) is 6.42 Å². The minimum Gasteiger partial charge on any atom is -0.342 e. The third kappa shape index (κ3) is 4.78. The van der Waals surface area contributed by atoms with Gasteiger partial charge in [0.15, 0.2) is 0 Å². The van der Waals surface area contributed by atoms with E-state index in [1.165, 1.54) is 11.1 Å². The molecule has 2 aromatic carbocycles. The van der Waals surface area contributed by atoms with Gasteiger partial charge in [0.2, 0.25) is 0 Å². The van der Waals surface area contributed by atoms with E-state index in [1.54, 1.807) is 0 Å². The van der Waals surface area contributed by atoms with Gasteiger partial charge in [-0.3, -0.25) is 0 Å². The van der Waals surface area contributed by atoms with Crippen molar-refractivity contribution in [2.45, 2.75) is 40.2 Å². The SMILES string of the molecule is CC(C)Cc1ncc(-c2ccc(-c3ccc(-c4cnc([C@H](N)C(C)C)[nH]4)cc3)cc2)[nH]1. The maximum Gasteiger partial charge on any atom is 0.123 e. The van der Waals surface area contributed by atoms with Gasteiger partial charge in [-0.05, 0) is 34.1 Å². The average Bonchev–Trinajstić information content (AvgIpc) is 3.43. The number of H-pyrrole nitrogens is 2. The summed E-state index contributed by atoms with van der Waals surface area (Å²) in [4.78, 5) is 15.8. The van der Waals surface area contributed by atoms with Crippen LogP contribution >= 0.6 is 0 Å². The van der Waals surface area contributed by atoms with Crippen molar-refractivity contribution in [3.05, 3.63) is 72.6 Å². The van der Waals surface area contributed by atoms with Crippen LogP contribution in [0.2, 0.25) is 0 Å². The molecule has 5 heteroatoms. The molecule has 160 valence electrons. The first-order valence-electron chi connectivity index (χ1n) is 11.0. The quantitative estimate of drug-likeness (QED) is 0.348. The van der Waals surface area contributed by atoms with Crippen LogP contribution in [0.3, 0.4) is 0 Å². The van der Waals surface area contributed by atoms with Crippen molar-refractivity contribution in [2.24, 2.45) is 17.6 Å². The zero-order valence-corrected chi connectivity index (χ0v) is 18.7. The maximum atomic E-state index is 6.21. The fourth-order valence-corrected chi connectivity index (χ4v) is 3.65. The van der Waals surface area contributed by atoms with Crippen LogP contribution in [0.4, 0.5) is 0 Å². The van der Waals surface area contributed by atoms with Gasteiger partial charge in [0.25, 0.3) is 0 Å². The van der Waals surface area contributed by atoms with Crippen LogP contribution in [0, 0.1) is 11.8 Å². The van der Waals surface area contributed by atoms with Gasteiger partial charge >= 0.3 is 0 Å². The number of nitrogens with two attached hydrogens (primary N) is 1. The Kier molecular flexibility index (Phi) is 6.05. The first kappa shape index (κ1) is 21.1. The molecule has 0 aliphatic carbocycles. The Morgan fingerprint density at radius 1 is 0.710 bits per heavy atom. The number of hydrogen-bond acceptors (Lipinski definition) is 3. The fraction of sp³-hybridized carbons (Fsp3) is 0.308. The molecule has 0 saturated carbocycles. The summed E-state index contributed by atoms with van der Waals surface area (Å²) in [6.07, 6.45) is 4.75. The van der Waals surface area contributed by atoms with Crippen molar-refractivity contribution in [1.29, 1.82) is 0 Å². The largest absolute Gasteiger partial charge is 0.342 e. The summed E-state index contributed by atoms with van der Waals surface area (Å²) in [6.45, 7) is 8.61. The monoisotopic (exact) mass is 413 g/mol. The number of nitrogens with one attached hydrogen (secondary N) is 2. The highest BCUT2D eigenvalue weighted by atomic mass is 15.0. The van der Waals surface area contributed by atoms with E-state index in [2.05, 4.69) is 96.2 Å². The molecule has 0 unspecified atom stereocenters. The Hall–Kier alpha value is -3.18. The van der Waals surface area contributed by atoms with Gasteiger partial charge in [-0.1, -0.05) is 76.2 Å². The third-order valence-corrected chi connectivity index (χ3v) is 5.58. The summed E-state index contributed by atoms with van der Waals surface area (Å²) < 4.78 is 0. The molecule has 31 heavy (non-hydrogen) atoms. The standard InChI is InChI=1S/C26H31N5/c1-16(2)13-24-28-14-22(30-24)20-9-5-18(6-10-20)19-7-11-21(12-8-19)23-15-29-26(31-23)25(27)17(3)4/h5-12,14-17,25H,13,27H2,1-4H3,(H,28,30)(H,29,31)/t25-/m1/s1. The Bertz CT molecular complexity index is 1120. The normalized spacial score (nSPS) is 12.6. The van der Waals surface area contributed by atoms with Crippen LogP contribution in [-0.4, -0.2) is 19.9 Å². The minimum absolute atomic E-state index is 0.0807. The van der Waals surface area contributed by atoms with E-state index < -0.39 is 0 Å². The predicted octanol–water partition coefficient (Wildman–Crippen LogP) is 5.99. The van der Waals surface area contributed by atoms with Gasteiger partial charge in [0.1, 0.15) is 11.6 Å². The smallest absolute Gasteiger partial charge is 0.123 e. The van der Waals surface area contributed by atoms with E-state index in [4.69, 9.17) is 5.73 Å². The molecule has 2 aromatic heterocycles. The van der Waals surface area contributed by atoms with Crippen molar-refractivity contribution < 1.29 is 0 Å².